The highest BCUT2D eigenvalue weighted by atomic mass is 16.6. The number of nitrogens with zero attached hydrogens (tertiary/aromatic N) is 2. The lowest BCUT2D eigenvalue weighted by Gasteiger charge is -2.31. The highest BCUT2D eigenvalue weighted by Crippen LogP contribution is 2.40. The van der Waals surface area contributed by atoms with Gasteiger partial charge in [0, 0.05) is 42.1 Å². The van der Waals surface area contributed by atoms with Gasteiger partial charge in [-0.05, 0) is 45.8 Å². The van der Waals surface area contributed by atoms with Crippen LogP contribution in [0.1, 0.15) is 52.5 Å². The second-order valence-corrected chi connectivity index (χ2v) is 6.96. The van der Waals surface area contributed by atoms with E-state index in [-0.39, 0.29) is 18.4 Å². The summed E-state index contributed by atoms with van der Waals surface area (Å²) in [4.78, 5) is 28.5. The number of nitro groups is 1. The average Bonchev–Trinajstić information content (AvgIpc) is 2.66. The summed E-state index contributed by atoms with van der Waals surface area (Å²) in [6, 6.07) is 6.24. The van der Waals surface area contributed by atoms with Crippen LogP contribution in [0.2, 0.25) is 0 Å². The fraction of sp³-hybridized carbons (Fsp3) is 0.429. The Bertz CT molecular complexity index is 854. The molecule has 0 aliphatic carbocycles. The number of non-ortho nitro benzene ring substituents is 1. The zero-order valence-corrected chi connectivity index (χ0v) is 17.4. The Hall–Kier alpha value is -3.16. The largest absolute Gasteiger partial charge is 0.463 e. The summed E-state index contributed by atoms with van der Waals surface area (Å²) in [7, 11) is 0. The molecule has 1 unspecified atom stereocenters. The Labute approximate surface area is 170 Å². The van der Waals surface area contributed by atoms with Crippen molar-refractivity contribution in [1.29, 1.82) is 0 Å². The number of carbonyl (C=O) groups excluding carboxylic acids is 1. The van der Waals surface area contributed by atoms with Crippen molar-refractivity contribution in [3.8, 4) is 0 Å². The monoisotopic (exact) mass is 401 g/mol. The van der Waals surface area contributed by atoms with Crippen molar-refractivity contribution in [2.45, 2.75) is 53.1 Å². The van der Waals surface area contributed by atoms with Gasteiger partial charge in [0.05, 0.1) is 17.1 Å². The van der Waals surface area contributed by atoms with E-state index in [1.54, 1.807) is 25.3 Å². The Balaban J connectivity index is 2.48. The van der Waals surface area contributed by atoms with E-state index in [0.29, 0.717) is 17.7 Å². The van der Waals surface area contributed by atoms with Crippen LogP contribution in [0.3, 0.4) is 0 Å². The number of hydrogen-bond acceptors (Lipinski definition) is 7. The number of esters is 1. The van der Waals surface area contributed by atoms with Crippen LogP contribution in [0.25, 0.3) is 0 Å². The Morgan fingerprint density at radius 2 is 1.93 bits per heavy atom. The number of nitro benzene ring substituents is 1. The first-order valence-electron chi connectivity index (χ1n) is 9.52. The molecular weight excluding hydrogens is 374 g/mol. The van der Waals surface area contributed by atoms with Gasteiger partial charge in [-0.1, -0.05) is 17.3 Å². The topological polar surface area (TPSA) is 103 Å². The van der Waals surface area contributed by atoms with Crippen molar-refractivity contribution >= 4 is 17.9 Å². The fourth-order valence-electron chi connectivity index (χ4n) is 3.24. The zero-order valence-electron chi connectivity index (χ0n) is 17.4. The molecule has 2 rings (SSSR count). The lowest BCUT2D eigenvalue weighted by Crippen LogP contribution is -2.29. The maximum Gasteiger partial charge on any atom is 0.336 e. The third-order valence-electron chi connectivity index (χ3n) is 4.49. The number of carbonyl (C=O) groups is 1. The molecule has 1 aliphatic rings. The van der Waals surface area contributed by atoms with Crippen molar-refractivity contribution in [3.63, 3.8) is 0 Å². The van der Waals surface area contributed by atoms with Crippen LogP contribution in [0.5, 0.6) is 0 Å². The Morgan fingerprint density at radius 1 is 1.28 bits per heavy atom. The van der Waals surface area contributed by atoms with Gasteiger partial charge in [0.15, 0.2) is 0 Å². The van der Waals surface area contributed by atoms with Crippen LogP contribution in [0, 0.1) is 10.1 Å². The maximum atomic E-state index is 12.7. The van der Waals surface area contributed by atoms with Crippen LogP contribution in [-0.4, -0.2) is 29.8 Å². The zero-order chi connectivity index (χ0) is 21.6. The molecule has 1 atom stereocenters. The second-order valence-electron chi connectivity index (χ2n) is 6.96. The number of ether oxygens (including phenoxy) is 1. The van der Waals surface area contributed by atoms with Crippen molar-refractivity contribution in [1.82, 2.24) is 5.32 Å². The van der Waals surface area contributed by atoms with Gasteiger partial charge >= 0.3 is 5.97 Å². The summed E-state index contributed by atoms with van der Waals surface area (Å²) >= 11 is 0. The van der Waals surface area contributed by atoms with E-state index in [9.17, 15) is 14.9 Å². The number of hydrogen-bond donors (Lipinski definition) is 1. The number of benzene rings is 1. The van der Waals surface area contributed by atoms with Gasteiger partial charge in [-0.3, -0.25) is 10.1 Å². The third kappa shape index (κ3) is 5.43. The molecule has 1 heterocycles. The van der Waals surface area contributed by atoms with E-state index < -0.39 is 16.8 Å². The van der Waals surface area contributed by atoms with Crippen LogP contribution >= 0.6 is 0 Å². The van der Waals surface area contributed by atoms with Gasteiger partial charge in [-0.25, -0.2) is 4.79 Å². The van der Waals surface area contributed by atoms with Crippen LogP contribution < -0.4 is 5.32 Å². The predicted molar refractivity (Wildman–Crippen MR) is 110 cm³/mol. The van der Waals surface area contributed by atoms with Gasteiger partial charge in [-0.2, -0.15) is 0 Å². The molecule has 0 saturated carbocycles. The van der Waals surface area contributed by atoms with E-state index >= 15 is 0 Å². The number of allylic oxidation sites excluding steroid dienone is 3. The molecule has 0 bridgehead atoms. The number of dihydropyridines is 1. The summed E-state index contributed by atoms with van der Waals surface area (Å²) in [5.41, 5.74) is 3.77. The van der Waals surface area contributed by atoms with Gasteiger partial charge in [0.2, 0.25) is 0 Å². The summed E-state index contributed by atoms with van der Waals surface area (Å²) < 4.78 is 5.28. The molecule has 0 spiro atoms. The molecule has 29 heavy (non-hydrogen) atoms. The first kappa shape index (κ1) is 22.1. The highest BCUT2D eigenvalue weighted by Gasteiger charge is 2.33. The van der Waals surface area contributed by atoms with E-state index in [4.69, 9.17) is 9.57 Å². The van der Waals surface area contributed by atoms with Crippen molar-refractivity contribution < 1.29 is 19.3 Å². The fourth-order valence-corrected chi connectivity index (χ4v) is 3.24. The first-order chi connectivity index (χ1) is 13.8. The standard InChI is InChI=1S/C21H27N3O5/c1-6-28-21(25)19-15(5)23-14(4)18(11-12-22-29-13(2)3)20(19)16-7-9-17(10-8-16)24(26)27/h7-10,12-13,20,23H,6,11H2,1-5H3. The molecule has 0 aromatic heterocycles. The smallest absolute Gasteiger partial charge is 0.336 e. The molecule has 0 radical (unpaired) electrons. The molecule has 8 heteroatoms. The number of oxime groups is 1. The highest BCUT2D eigenvalue weighted by molar-refractivity contribution is 5.93. The lowest BCUT2D eigenvalue weighted by molar-refractivity contribution is -0.384. The van der Waals surface area contributed by atoms with Crippen molar-refractivity contribution in [2.75, 3.05) is 6.61 Å². The van der Waals surface area contributed by atoms with E-state index in [0.717, 1.165) is 16.8 Å². The SMILES string of the molecule is CCOC(=O)C1=C(C)NC(C)=C(CC=NOC(C)C)C1c1ccc([N+](=O)[O-])cc1. The van der Waals surface area contributed by atoms with Crippen LogP contribution in [-0.2, 0) is 14.4 Å². The molecular formula is C21H27N3O5. The second kappa shape index (κ2) is 9.86. The van der Waals surface area contributed by atoms with Crippen LogP contribution in [0.4, 0.5) is 5.69 Å². The molecule has 1 aliphatic heterocycles. The summed E-state index contributed by atoms with van der Waals surface area (Å²) in [5.74, 6) is -0.817. The summed E-state index contributed by atoms with van der Waals surface area (Å²) in [6.07, 6.45) is 2.07. The van der Waals surface area contributed by atoms with Crippen molar-refractivity contribution in [2.24, 2.45) is 5.16 Å². The number of nitrogens with one attached hydrogen (secondary N) is 1. The average molecular weight is 401 g/mol. The molecule has 1 aromatic carbocycles. The molecule has 1 aromatic rings. The number of rotatable bonds is 8. The van der Waals surface area contributed by atoms with Gasteiger partial charge in [0.1, 0.15) is 6.10 Å². The minimum absolute atomic E-state index is 0.00443. The molecule has 0 fully saturated rings. The molecule has 0 saturated heterocycles. The molecule has 156 valence electrons. The maximum absolute atomic E-state index is 12.7. The summed E-state index contributed by atoms with van der Waals surface area (Å²) in [6.45, 7) is 9.52. The van der Waals surface area contributed by atoms with Crippen LogP contribution in [0.15, 0.2) is 52.0 Å². The van der Waals surface area contributed by atoms with E-state index in [1.807, 2.05) is 27.7 Å². The van der Waals surface area contributed by atoms with E-state index in [2.05, 4.69) is 10.5 Å². The predicted octanol–water partition coefficient (Wildman–Crippen LogP) is 4.19. The quantitative estimate of drug-likeness (QED) is 0.303. The van der Waals surface area contributed by atoms with Crippen molar-refractivity contribution in [3.05, 3.63) is 62.5 Å². The normalized spacial score (nSPS) is 17.0. The van der Waals surface area contributed by atoms with Gasteiger partial charge in [-0.15, -0.1) is 0 Å². The Morgan fingerprint density at radius 3 is 2.48 bits per heavy atom. The Kier molecular flexibility index (Phi) is 7.52. The third-order valence-corrected chi connectivity index (χ3v) is 4.49. The molecule has 8 nitrogen and oxygen atoms in total. The first-order valence-corrected chi connectivity index (χ1v) is 9.52. The summed E-state index contributed by atoms with van der Waals surface area (Å²) in [5, 5.41) is 18.2. The van der Waals surface area contributed by atoms with E-state index in [1.165, 1.54) is 12.1 Å². The molecule has 1 N–H and O–H groups in total. The lowest BCUT2D eigenvalue weighted by atomic mass is 9.79. The van der Waals surface area contributed by atoms with Gasteiger partial charge < -0.3 is 14.9 Å². The van der Waals surface area contributed by atoms with Gasteiger partial charge in [0.25, 0.3) is 5.69 Å². The minimum atomic E-state index is -0.447. The molecule has 0 amide bonds. The minimum Gasteiger partial charge on any atom is -0.463 e.